The van der Waals surface area contributed by atoms with Crippen molar-refractivity contribution in [3.63, 3.8) is 0 Å². The highest BCUT2D eigenvalue weighted by molar-refractivity contribution is 9.10. The van der Waals surface area contributed by atoms with Crippen molar-refractivity contribution in [1.82, 2.24) is 5.32 Å². The molecule has 0 aromatic carbocycles. The highest BCUT2D eigenvalue weighted by Crippen LogP contribution is 2.52. The lowest BCUT2D eigenvalue weighted by Gasteiger charge is -2.39. The van der Waals surface area contributed by atoms with Crippen LogP contribution in [0.2, 0.25) is 0 Å². The second-order valence-corrected chi connectivity index (χ2v) is 7.54. The van der Waals surface area contributed by atoms with Crippen molar-refractivity contribution in [1.29, 1.82) is 0 Å². The Morgan fingerprint density at radius 1 is 1.35 bits per heavy atom. The molecule has 1 saturated carbocycles. The second kappa shape index (κ2) is 7.13. The highest BCUT2D eigenvalue weighted by atomic mass is 79.9. The fraction of sp³-hybridized carbons (Fsp3) is 0.765. The van der Waals surface area contributed by atoms with Crippen LogP contribution in [0.3, 0.4) is 0 Å². The average Bonchev–Trinajstić information content (AvgIpc) is 3.00. The summed E-state index contributed by atoms with van der Waals surface area (Å²) in [4.78, 5) is 0. The van der Waals surface area contributed by atoms with Crippen LogP contribution in [0, 0.1) is 11.3 Å². The molecule has 1 unspecified atom stereocenters. The number of hydrogen-bond donors (Lipinski definition) is 1. The zero-order valence-corrected chi connectivity index (χ0v) is 14.6. The van der Waals surface area contributed by atoms with E-state index in [-0.39, 0.29) is 0 Å². The Morgan fingerprint density at radius 2 is 2.05 bits per heavy atom. The van der Waals surface area contributed by atoms with Crippen molar-refractivity contribution in [3.05, 3.63) is 22.6 Å². The molecule has 1 fully saturated rings. The first-order valence-electron chi connectivity index (χ1n) is 8.05. The van der Waals surface area contributed by atoms with Crippen LogP contribution in [0.25, 0.3) is 0 Å². The Kier molecular flexibility index (Phi) is 5.74. The maximum atomic E-state index is 5.83. The zero-order chi connectivity index (χ0) is 14.6. The van der Waals surface area contributed by atoms with Crippen LogP contribution in [0.5, 0.6) is 0 Å². The number of furan rings is 1. The van der Waals surface area contributed by atoms with Crippen LogP contribution in [0.15, 0.2) is 21.2 Å². The van der Waals surface area contributed by atoms with Crippen LogP contribution in [0.4, 0.5) is 0 Å². The molecule has 3 heteroatoms. The van der Waals surface area contributed by atoms with Gasteiger partial charge in [-0.2, -0.15) is 0 Å². The lowest BCUT2D eigenvalue weighted by Crippen LogP contribution is -2.38. The van der Waals surface area contributed by atoms with Gasteiger partial charge in [0, 0.05) is 0 Å². The molecule has 1 aromatic rings. The molecule has 0 aliphatic heterocycles. The molecule has 1 aromatic heterocycles. The maximum absolute atomic E-state index is 5.83. The molecule has 0 saturated heterocycles. The lowest BCUT2D eigenvalue weighted by atomic mass is 9.71. The van der Waals surface area contributed by atoms with E-state index in [9.17, 15) is 0 Å². The van der Waals surface area contributed by atoms with E-state index in [0.29, 0.717) is 11.5 Å². The van der Waals surface area contributed by atoms with Crippen LogP contribution >= 0.6 is 15.9 Å². The first kappa shape index (κ1) is 16.1. The largest absolute Gasteiger partial charge is 0.466 e. The molecule has 0 spiro atoms. The Balaban J connectivity index is 2.29. The first-order valence-corrected chi connectivity index (χ1v) is 8.84. The van der Waals surface area contributed by atoms with Crippen molar-refractivity contribution >= 4 is 15.9 Å². The Labute approximate surface area is 131 Å². The maximum Gasteiger partial charge on any atom is 0.135 e. The molecule has 2 nitrogen and oxygen atoms in total. The van der Waals surface area contributed by atoms with Gasteiger partial charge in [-0.3, -0.25) is 0 Å². The predicted octanol–water partition coefficient (Wildman–Crippen LogP) is 5.69. The van der Waals surface area contributed by atoms with Gasteiger partial charge in [0.1, 0.15) is 5.76 Å². The molecule has 114 valence electrons. The fourth-order valence-electron chi connectivity index (χ4n) is 3.89. The van der Waals surface area contributed by atoms with Crippen LogP contribution in [-0.4, -0.2) is 6.54 Å². The Bertz CT molecular complexity index is 407. The van der Waals surface area contributed by atoms with Gasteiger partial charge in [-0.05, 0) is 65.6 Å². The summed E-state index contributed by atoms with van der Waals surface area (Å²) in [6, 6.07) is 2.37. The summed E-state index contributed by atoms with van der Waals surface area (Å²) in [5.74, 6) is 1.83. The minimum atomic E-state index is 0.344. The molecule has 0 amide bonds. The molecule has 1 heterocycles. The second-order valence-electron chi connectivity index (χ2n) is 6.69. The Hall–Kier alpha value is -0.280. The molecular formula is C17H28BrNO. The lowest BCUT2D eigenvalue weighted by molar-refractivity contribution is 0.137. The van der Waals surface area contributed by atoms with E-state index < -0.39 is 0 Å². The van der Waals surface area contributed by atoms with Gasteiger partial charge in [-0.25, -0.2) is 0 Å². The summed E-state index contributed by atoms with van der Waals surface area (Å²) in [7, 11) is 0. The smallest absolute Gasteiger partial charge is 0.135 e. The monoisotopic (exact) mass is 341 g/mol. The standard InChI is InChI=1S/C17H28BrNO/c1-4-10-19-16(15-14(18)7-11-20-15)17(12-13(2)3)8-5-6-9-17/h7,11,13,16,19H,4-6,8-10,12H2,1-3H3. The molecule has 0 radical (unpaired) electrons. The quantitative estimate of drug-likeness (QED) is 0.689. The summed E-state index contributed by atoms with van der Waals surface area (Å²) in [6.07, 6.45) is 9.59. The van der Waals surface area contributed by atoms with Gasteiger partial charge in [0.2, 0.25) is 0 Å². The molecule has 1 N–H and O–H groups in total. The number of rotatable bonds is 7. The van der Waals surface area contributed by atoms with E-state index in [2.05, 4.69) is 42.0 Å². The molecule has 1 aliphatic rings. The minimum absolute atomic E-state index is 0.344. The molecular weight excluding hydrogens is 314 g/mol. The van der Waals surface area contributed by atoms with E-state index in [1.165, 1.54) is 32.1 Å². The van der Waals surface area contributed by atoms with Crippen LogP contribution < -0.4 is 5.32 Å². The van der Waals surface area contributed by atoms with Gasteiger partial charge in [0.25, 0.3) is 0 Å². The predicted molar refractivity (Wildman–Crippen MR) is 87.8 cm³/mol. The van der Waals surface area contributed by atoms with Gasteiger partial charge in [-0.15, -0.1) is 0 Å². The van der Waals surface area contributed by atoms with E-state index in [4.69, 9.17) is 4.42 Å². The summed E-state index contributed by atoms with van der Waals surface area (Å²) >= 11 is 3.66. The van der Waals surface area contributed by atoms with Crippen molar-refractivity contribution in [2.75, 3.05) is 6.54 Å². The number of hydrogen-bond acceptors (Lipinski definition) is 2. The third-order valence-corrected chi connectivity index (χ3v) is 5.19. The van der Waals surface area contributed by atoms with E-state index in [1.54, 1.807) is 6.26 Å². The van der Waals surface area contributed by atoms with E-state index in [1.807, 2.05) is 6.07 Å². The van der Waals surface area contributed by atoms with Gasteiger partial charge in [-0.1, -0.05) is 33.6 Å². The molecule has 1 aliphatic carbocycles. The number of nitrogens with one attached hydrogen (secondary N) is 1. The van der Waals surface area contributed by atoms with Crippen LogP contribution in [0.1, 0.15) is 71.1 Å². The van der Waals surface area contributed by atoms with Crippen molar-refractivity contribution in [2.45, 2.75) is 65.3 Å². The van der Waals surface area contributed by atoms with Gasteiger partial charge in [0.15, 0.2) is 0 Å². The Morgan fingerprint density at radius 3 is 2.55 bits per heavy atom. The van der Waals surface area contributed by atoms with Crippen molar-refractivity contribution < 1.29 is 4.42 Å². The summed E-state index contributed by atoms with van der Waals surface area (Å²) in [5, 5.41) is 3.78. The van der Waals surface area contributed by atoms with E-state index >= 15 is 0 Å². The normalized spacial score (nSPS) is 19.6. The SMILES string of the molecule is CCCNC(c1occc1Br)C1(CC(C)C)CCCC1. The summed E-state index contributed by atoms with van der Waals surface area (Å²) < 4.78 is 6.95. The third-order valence-electron chi connectivity index (χ3n) is 4.53. The zero-order valence-electron chi connectivity index (χ0n) is 13.0. The topological polar surface area (TPSA) is 25.2 Å². The first-order chi connectivity index (χ1) is 9.59. The fourth-order valence-corrected chi connectivity index (χ4v) is 4.32. The van der Waals surface area contributed by atoms with Gasteiger partial charge in [0.05, 0.1) is 16.8 Å². The number of halogens is 1. The van der Waals surface area contributed by atoms with Gasteiger partial charge < -0.3 is 9.73 Å². The highest BCUT2D eigenvalue weighted by Gasteiger charge is 2.44. The summed E-state index contributed by atoms with van der Waals surface area (Å²) in [5.41, 5.74) is 0.365. The minimum Gasteiger partial charge on any atom is -0.466 e. The van der Waals surface area contributed by atoms with Gasteiger partial charge >= 0.3 is 0 Å². The molecule has 20 heavy (non-hydrogen) atoms. The summed E-state index contributed by atoms with van der Waals surface area (Å²) in [6.45, 7) is 7.96. The van der Waals surface area contributed by atoms with Crippen molar-refractivity contribution in [3.8, 4) is 0 Å². The van der Waals surface area contributed by atoms with Crippen molar-refractivity contribution in [2.24, 2.45) is 11.3 Å². The third kappa shape index (κ3) is 3.48. The molecule has 2 rings (SSSR count). The van der Waals surface area contributed by atoms with Crippen LogP contribution in [-0.2, 0) is 0 Å². The molecule has 0 bridgehead atoms. The molecule has 1 atom stereocenters. The van der Waals surface area contributed by atoms with E-state index in [0.717, 1.165) is 29.1 Å². The average molecular weight is 342 g/mol.